The Hall–Kier alpha value is -3.95. The molecule has 35 heavy (non-hydrogen) atoms. The fraction of sp³-hybridized carbons (Fsp3) is 0.192. The molecule has 7 nitrogen and oxygen atoms in total. The number of hydrogen-bond donors (Lipinski definition) is 1. The van der Waals surface area contributed by atoms with E-state index in [9.17, 15) is 8.78 Å². The van der Waals surface area contributed by atoms with Gasteiger partial charge >= 0.3 is 0 Å². The van der Waals surface area contributed by atoms with Crippen LogP contribution in [0.3, 0.4) is 0 Å². The predicted octanol–water partition coefficient (Wildman–Crippen LogP) is 4.59. The van der Waals surface area contributed by atoms with Gasteiger partial charge in [-0.05, 0) is 29.3 Å². The van der Waals surface area contributed by atoms with Gasteiger partial charge in [0, 0.05) is 48.5 Å². The van der Waals surface area contributed by atoms with Gasteiger partial charge in [-0.15, -0.1) is 10.2 Å². The molecule has 0 aliphatic carbocycles. The number of rotatable bonds is 5. The van der Waals surface area contributed by atoms with Crippen LogP contribution in [0.2, 0.25) is 0 Å². The number of nitrogens with zero attached hydrogens (tertiary/aromatic N) is 5. The quantitative estimate of drug-likeness (QED) is 0.405. The Kier molecular flexibility index (Phi) is 5.55. The highest BCUT2D eigenvalue weighted by molar-refractivity contribution is 5.94. The summed E-state index contributed by atoms with van der Waals surface area (Å²) >= 11 is 0. The Morgan fingerprint density at radius 2 is 1.83 bits per heavy atom. The molecule has 0 bridgehead atoms. The summed E-state index contributed by atoms with van der Waals surface area (Å²) in [5.41, 5.74) is 4.63. The Bertz CT molecular complexity index is 1490. The van der Waals surface area contributed by atoms with E-state index < -0.39 is 11.6 Å². The van der Waals surface area contributed by atoms with Gasteiger partial charge in [0.05, 0.1) is 18.9 Å². The van der Waals surface area contributed by atoms with Crippen LogP contribution in [0.5, 0.6) is 0 Å². The first kappa shape index (κ1) is 21.6. The van der Waals surface area contributed by atoms with E-state index in [2.05, 4.69) is 49.3 Å². The summed E-state index contributed by atoms with van der Waals surface area (Å²) < 4.78 is 35.2. The average Bonchev–Trinajstić information content (AvgIpc) is 3.53. The van der Waals surface area contributed by atoms with Crippen molar-refractivity contribution in [3.63, 3.8) is 0 Å². The van der Waals surface area contributed by atoms with Gasteiger partial charge < -0.3 is 9.72 Å². The van der Waals surface area contributed by atoms with Crippen LogP contribution in [0, 0.1) is 11.6 Å². The van der Waals surface area contributed by atoms with Gasteiger partial charge in [0.25, 0.3) is 0 Å². The minimum absolute atomic E-state index is 0.0410. The molecule has 1 N–H and O–H groups in total. The van der Waals surface area contributed by atoms with E-state index in [1.54, 1.807) is 6.20 Å². The van der Waals surface area contributed by atoms with Gasteiger partial charge in [-0.1, -0.05) is 30.3 Å². The van der Waals surface area contributed by atoms with Gasteiger partial charge in [0.2, 0.25) is 0 Å². The molecule has 0 radical (unpaired) electrons. The molecule has 5 aromatic rings. The van der Waals surface area contributed by atoms with E-state index in [0.29, 0.717) is 17.0 Å². The topological polar surface area (TPSA) is 71.9 Å². The summed E-state index contributed by atoms with van der Waals surface area (Å²) in [6.45, 7) is 4.35. The van der Waals surface area contributed by atoms with Crippen molar-refractivity contribution in [1.29, 1.82) is 0 Å². The number of benzene rings is 2. The predicted molar refractivity (Wildman–Crippen MR) is 128 cm³/mol. The molecular weight excluding hydrogens is 450 g/mol. The zero-order valence-corrected chi connectivity index (χ0v) is 18.8. The lowest BCUT2D eigenvalue weighted by Crippen LogP contribution is -2.35. The number of aromatic nitrogens is 5. The first-order valence-electron chi connectivity index (χ1n) is 11.4. The molecule has 1 fully saturated rings. The summed E-state index contributed by atoms with van der Waals surface area (Å²) in [7, 11) is 0. The second-order valence-corrected chi connectivity index (χ2v) is 8.51. The van der Waals surface area contributed by atoms with Gasteiger partial charge in [-0.25, -0.2) is 13.8 Å². The van der Waals surface area contributed by atoms with Crippen molar-refractivity contribution in [3.8, 4) is 28.2 Å². The molecule has 1 aliphatic rings. The Balaban J connectivity index is 1.33. The highest BCUT2D eigenvalue weighted by atomic mass is 19.2. The van der Waals surface area contributed by atoms with Crippen molar-refractivity contribution >= 4 is 11.0 Å². The molecule has 0 spiro atoms. The smallest absolute Gasteiger partial charge is 0.182 e. The SMILES string of the molecule is Fc1cccc(-n2cnnc2-c2c[nH]c3ncc(-c4ccc(CN5CCOCC5)cc4)cc23)c1F. The maximum absolute atomic E-state index is 14.5. The molecule has 1 aliphatic heterocycles. The molecular formula is C26H22F2N6O. The molecule has 6 rings (SSSR count). The third-order valence-electron chi connectivity index (χ3n) is 6.31. The molecule has 0 saturated carbocycles. The summed E-state index contributed by atoms with van der Waals surface area (Å²) in [6, 6.07) is 14.5. The second kappa shape index (κ2) is 9.01. The highest BCUT2D eigenvalue weighted by Crippen LogP contribution is 2.32. The summed E-state index contributed by atoms with van der Waals surface area (Å²) in [6.07, 6.45) is 4.94. The van der Waals surface area contributed by atoms with Crippen molar-refractivity contribution in [1.82, 2.24) is 29.6 Å². The molecule has 3 aromatic heterocycles. The van der Waals surface area contributed by atoms with E-state index in [4.69, 9.17) is 4.74 Å². The maximum Gasteiger partial charge on any atom is 0.182 e. The lowest BCUT2D eigenvalue weighted by Gasteiger charge is -2.26. The van der Waals surface area contributed by atoms with Crippen LogP contribution >= 0.6 is 0 Å². The molecule has 0 unspecified atom stereocenters. The Labute approximate surface area is 200 Å². The van der Waals surface area contributed by atoms with Crippen LogP contribution in [0.4, 0.5) is 8.78 Å². The summed E-state index contributed by atoms with van der Waals surface area (Å²) in [5.74, 6) is -1.49. The van der Waals surface area contributed by atoms with Gasteiger partial charge in [-0.3, -0.25) is 9.47 Å². The number of ether oxygens (including phenoxy) is 1. The number of morpholine rings is 1. The van der Waals surface area contributed by atoms with E-state index in [0.717, 1.165) is 55.4 Å². The first-order valence-corrected chi connectivity index (χ1v) is 11.4. The Morgan fingerprint density at radius 3 is 2.66 bits per heavy atom. The van der Waals surface area contributed by atoms with Crippen molar-refractivity contribution < 1.29 is 13.5 Å². The number of aromatic amines is 1. The molecule has 1 saturated heterocycles. The van der Waals surface area contributed by atoms with Crippen molar-refractivity contribution in [2.75, 3.05) is 26.3 Å². The number of pyridine rings is 1. The molecule has 0 amide bonds. The third kappa shape index (κ3) is 4.09. The number of halogens is 2. The lowest BCUT2D eigenvalue weighted by molar-refractivity contribution is 0.0342. The number of nitrogens with one attached hydrogen (secondary N) is 1. The molecule has 176 valence electrons. The van der Waals surface area contributed by atoms with Crippen molar-refractivity contribution in [3.05, 3.63) is 84.4 Å². The van der Waals surface area contributed by atoms with Crippen LogP contribution in [-0.4, -0.2) is 55.9 Å². The molecule has 2 aromatic carbocycles. The lowest BCUT2D eigenvalue weighted by atomic mass is 10.0. The minimum atomic E-state index is -0.954. The highest BCUT2D eigenvalue weighted by Gasteiger charge is 2.18. The monoisotopic (exact) mass is 472 g/mol. The normalized spacial score (nSPS) is 14.6. The zero-order valence-electron chi connectivity index (χ0n) is 18.8. The molecule has 4 heterocycles. The first-order chi connectivity index (χ1) is 17.2. The molecule has 0 atom stereocenters. The number of fused-ring (bicyclic) bond motifs is 1. The van der Waals surface area contributed by atoms with E-state index in [-0.39, 0.29) is 5.69 Å². The maximum atomic E-state index is 14.5. The Morgan fingerprint density at radius 1 is 1.00 bits per heavy atom. The fourth-order valence-corrected chi connectivity index (χ4v) is 4.44. The average molecular weight is 472 g/mol. The van der Waals surface area contributed by atoms with E-state index in [1.165, 1.54) is 28.6 Å². The second-order valence-electron chi connectivity index (χ2n) is 8.51. The van der Waals surface area contributed by atoms with E-state index in [1.807, 2.05) is 12.3 Å². The van der Waals surface area contributed by atoms with E-state index >= 15 is 0 Å². The van der Waals surface area contributed by atoms with Crippen LogP contribution < -0.4 is 0 Å². The standard InChI is InChI=1S/C26H22F2N6O/c27-22-2-1-3-23(24(22)28)34-16-31-32-26(34)21-14-30-25-20(21)12-19(13-29-25)18-6-4-17(5-7-18)15-33-8-10-35-11-9-33/h1-7,12-14,16H,8-11,15H2,(H,29,30). The number of H-pyrrole nitrogens is 1. The molecule has 9 heteroatoms. The number of hydrogen-bond acceptors (Lipinski definition) is 5. The van der Waals surface area contributed by atoms with Crippen LogP contribution in [-0.2, 0) is 11.3 Å². The largest absolute Gasteiger partial charge is 0.379 e. The van der Waals surface area contributed by atoms with Gasteiger partial charge in [-0.2, -0.15) is 0 Å². The van der Waals surface area contributed by atoms with Crippen LogP contribution in [0.25, 0.3) is 39.2 Å². The fourth-order valence-electron chi connectivity index (χ4n) is 4.44. The zero-order chi connectivity index (χ0) is 23.8. The van der Waals surface area contributed by atoms with Gasteiger partial charge in [0.15, 0.2) is 17.5 Å². The van der Waals surface area contributed by atoms with Crippen molar-refractivity contribution in [2.45, 2.75) is 6.54 Å². The van der Waals surface area contributed by atoms with Crippen LogP contribution in [0.1, 0.15) is 5.56 Å². The minimum Gasteiger partial charge on any atom is -0.379 e. The van der Waals surface area contributed by atoms with Gasteiger partial charge in [0.1, 0.15) is 12.0 Å². The van der Waals surface area contributed by atoms with Crippen LogP contribution in [0.15, 0.2) is 67.3 Å². The third-order valence-corrected chi connectivity index (χ3v) is 6.31. The summed E-state index contributed by atoms with van der Waals surface area (Å²) in [5, 5.41) is 8.95. The van der Waals surface area contributed by atoms with Crippen molar-refractivity contribution in [2.24, 2.45) is 0 Å². The summed E-state index contributed by atoms with van der Waals surface area (Å²) in [4.78, 5) is 10.1.